The fraction of sp³-hybridized carbons (Fsp3) is 0.529. The van der Waals surface area contributed by atoms with E-state index in [1.54, 1.807) is 0 Å². The van der Waals surface area contributed by atoms with Crippen LogP contribution >= 0.6 is 28.1 Å². The van der Waals surface area contributed by atoms with Gasteiger partial charge in [0.15, 0.2) is 5.11 Å². The van der Waals surface area contributed by atoms with E-state index in [2.05, 4.69) is 33.5 Å². The van der Waals surface area contributed by atoms with Gasteiger partial charge in [-0.3, -0.25) is 4.79 Å². The number of halogens is 1. The van der Waals surface area contributed by atoms with Crippen molar-refractivity contribution in [3.05, 3.63) is 28.2 Å². The highest BCUT2D eigenvalue weighted by Crippen LogP contribution is 2.25. The van der Waals surface area contributed by atoms with Crippen molar-refractivity contribution in [3.8, 4) is 5.75 Å². The molecule has 0 saturated carbocycles. The molecule has 0 spiro atoms. The Labute approximate surface area is 151 Å². The molecule has 0 radical (unpaired) electrons. The van der Waals surface area contributed by atoms with Crippen LogP contribution in [0.3, 0.4) is 0 Å². The van der Waals surface area contributed by atoms with E-state index < -0.39 is 0 Å². The largest absolute Gasteiger partial charge is 0.493 e. The second kappa shape index (κ2) is 9.23. The second-order valence-electron chi connectivity index (χ2n) is 5.81. The summed E-state index contributed by atoms with van der Waals surface area (Å²) in [7, 11) is 0. The van der Waals surface area contributed by atoms with Crippen molar-refractivity contribution in [2.24, 2.45) is 5.92 Å². The molecule has 1 heterocycles. The molecule has 23 heavy (non-hydrogen) atoms. The van der Waals surface area contributed by atoms with Crippen molar-refractivity contribution >= 4 is 39.2 Å². The van der Waals surface area contributed by atoms with Gasteiger partial charge in [0.25, 0.3) is 0 Å². The standard InChI is InChI=1S/C17H23BrN2O2S/c1-2-12-5-3-4-6-16(21)20-17(23)19-10-13-9-14(18)7-8-15(13)22-11-12/h7-9,12H,2-6,10-11H2,1H3,(H2,19,20,21,23). The monoisotopic (exact) mass is 398 g/mol. The third-order valence-corrected chi connectivity index (χ3v) is 4.77. The first-order valence-electron chi connectivity index (χ1n) is 8.07. The summed E-state index contributed by atoms with van der Waals surface area (Å²) in [5.74, 6) is 1.37. The van der Waals surface area contributed by atoms with Crippen LogP contribution in [0.5, 0.6) is 5.75 Å². The van der Waals surface area contributed by atoms with Crippen molar-refractivity contribution in [2.45, 2.75) is 45.6 Å². The molecule has 2 N–H and O–H groups in total. The molecule has 0 aliphatic carbocycles. The molecule has 1 atom stereocenters. The number of nitrogens with one attached hydrogen (secondary N) is 2. The van der Waals surface area contributed by atoms with Crippen LogP contribution in [0, 0.1) is 5.92 Å². The zero-order chi connectivity index (χ0) is 16.7. The number of ether oxygens (including phenoxy) is 1. The van der Waals surface area contributed by atoms with Crippen LogP contribution in [0.2, 0.25) is 0 Å². The lowest BCUT2D eigenvalue weighted by Gasteiger charge is -2.19. The van der Waals surface area contributed by atoms with Gasteiger partial charge >= 0.3 is 0 Å². The van der Waals surface area contributed by atoms with E-state index in [1.165, 1.54) is 0 Å². The highest BCUT2D eigenvalue weighted by Gasteiger charge is 2.13. The van der Waals surface area contributed by atoms with Gasteiger partial charge in [-0.1, -0.05) is 35.7 Å². The van der Waals surface area contributed by atoms with Crippen LogP contribution in [0.25, 0.3) is 0 Å². The molecule has 0 bridgehead atoms. The number of fused-ring (bicyclic) bond motifs is 1. The summed E-state index contributed by atoms with van der Waals surface area (Å²) in [6, 6.07) is 5.96. The van der Waals surface area contributed by atoms with Gasteiger partial charge < -0.3 is 15.4 Å². The number of hydrogen-bond donors (Lipinski definition) is 2. The molecular formula is C17H23BrN2O2S. The van der Waals surface area contributed by atoms with Gasteiger partial charge in [-0.05, 0) is 49.2 Å². The van der Waals surface area contributed by atoms with Gasteiger partial charge in [-0.25, -0.2) is 0 Å². The number of hydrogen-bond acceptors (Lipinski definition) is 3. The Morgan fingerprint density at radius 1 is 1.39 bits per heavy atom. The predicted molar refractivity (Wildman–Crippen MR) is 99.5 cm³/mol. The van der Waals surface area contributed by atoms with E-state index in [0.29, 0.717) is 30.6 Å². The van der Waals surface area contributed by atoms with Crippen molar-refractivity contribution in [1.82, 2.24) is 10.6 Å². The van der Waals surface area contributed by atoms with Gasteiger partial charge in [-0.2, -0.15) is 0 Å². The molecule has 0 saturated heterocycles. The molecule has 2 rings (SSSR count). The predicted octanol–water partition coefficient (Wildman–Crippen LogP) is 3.92. The minimum atomic E-state index is -0.0154. The number of carbonyl (C=O) groups excluding carboxylic acids is 1. The van der Waals surface area contributed by atoms with Gasteiger partial charge in [0.1, 0.15) is 5.75 Å². The summed E-state index contributed by atoms with van der Waals surface area (Å²) in [5.41, 5.74) is 1.02. The Kier molecular flexibility index (Phi) is 7.30. The first-order chi connectivity index (χ1) is 11.1. The Morgan fingerprint density at radius 2 is 2.22 bits per heavy atom. The molecular weight excluding hydrogens is 376 g/mol. The number of benzene rings is 1. The molecule has 0 aromatic heterocycles. The van der Waals surface area contributed by atoms with Gasteiger partial charge in [0.05, 0.1) is 6.61 Å². The first-order valence-corrected chi connectivity index (χ1v) is 9.27. The van der Waals surface area contributed by atoms with Gasteiger partial charge in [-0.15, -0.1) is 0 Å². The van der Waals surface area contributed by atoms with Crippen LogP contribution in [-0.2, 0) is 11.3 Å². The van der Waals surface area contributed by atoms with Crippen LogP contribution in [0.1, 0.15) is 44.6 Å². The molecule has 126 valence electrons. The van der Waals surface area contributed by atoms with E-state index >= 15 is 0 Å². The maximum absolute atomic E-state index is 11.8. The normalized spacial score (nSPS) is 20.5. The first kappa shape index (κ1) is 18.2. The summed E-state index contributed by atoms with van der Waals surface area (Å²) in [6.07, 6.45) is 4.59. The third kappa shape index (κ3) is 6.11. The third-order valence-electron chi connectivity index (χ3n) is 4.03. The number of carbonyl (C=O) groups is 1. The van der Waals surface area contributed by atoms with Crippen molar-refractivity contribution in [2.75, 3.05) is 6.61 Å². The number of amides is 1. The zero-order valence-corrected chi connectivity index (χ0v) is 15.8. The SMILES string of the molecule is CCC1CCCCC(=O)NC(=S)NCc2cc(Br)ccc2OC1. The van der Waals surface area contributed by atoms with E-state index in [9.17, 15) is 4.79 Å². The Morgan fingerprint density at radius 3 is 3.00 bits per heavy atom. The average molecular weight is 399 g/mol. The lowest BCUT2D eigenvalue weighted by Crippen LogP contribution is -2.38. The molecule has 6 heteroatoms. The Balaban J connectivity index is 2.14. The molecule has 0 fully saturated rings. The minimum absolute atomic E-state index is 0.0154. The number of rotatable bonds is 1. The maximum atomic E-state index is 11.8. The highest BCUT2D eigenvalue weighted by atomic mass is 79.9. The average Bonchev–Trinajstić information content (AvgIpc) is 2.52. The second-order valence-corrected chi connectivity index (χ2v) is 7.14. The summed E-state index contributed by atoms with van der Waals surface area (Å²) in [5, 5.41) is 6.17. The topological polar surface area (TPSA) is 50.4 Å². The van der Waals surface area contributed by atoms with Crippen molar-refractivity contribution < 1.29 is 9.53 Å². The van der Waals surface area contributed by atoms with Crippen LogP contribution in [0.4, 0.5) is 0 Å². The minimum Gasteiger partial charge on any atom is -0.493 e. The fourth-order valence-corrected chi connectivity index (χ4v) is 3.16. The van der Waals surface area contributed by atoms with Crippen molar-refractivity contribution in [3.63, 3.8) is 0 Å². The molecule has 1 aliphatic rings. The summed E-state index contributed by atoms with van der Waals surface area (Å²) in [6.45, 7) is 3.42. The maximum Gasteiger partial charge on any atom is 0.226 e. The van der Waals surface area contributed by atoms with E-state index in [4.69, 9.17) is 17.0 Å². The summed E-state index contributed by atoms with van der Waals surface area (Å²) in [4.78, 5) is 11.8. The molecule has 1 amide bonds. The van der Waals surface area contributed by atoms with Crippen LogP contribution in [0.15, 0.2) is 22.7 Å². The molecule has 4 nitrogen and oxygen atoms in total. The highest BCUT2D eigenvalue weighted by molar-refractivity contribution is 9.10. The molecule has 1 unspecified atom stereocenters. The van der Waals surface area contributed by atoms with E-state index in [1.807, 2.05) is 18.2 Å². The number of thiocarbonyl (C=S) groups is 1. The lowest BCUT2D eigenvalue weighted by atomic mass is 9.99. The van der Waals surface area contributed by atoms with Gasteiger partial charge in [0.2, 0.25) is 5.91 Å². The smallest absolute Gasteiger partial charge is 0.226 e. The molecule has 1 aromatic rings. The van der Waals surface area contributed by atoms with E-state index in [-0.39, 0.29) is 5.91 Å². The summed E-state index contributed by atoms with van der Waals surface area (Å²) >= 11 is 8.66. The molecule has 1 aromatic carbocycles. The fourth-order valence-electron chi connectivity index (χ4n) is 2.57. The Bertz CT molecular complexity index is 566. The van der Waals surface area contributed by atoms with Gasteiger partial charge in [0, 0.05) is 23.0 Å². The van der Waals surface area contributed by atoms with E-state index in [0.717, 1.165) is 41.5 Å². The lowest BCUT2D eigenvalue weighted by molar-refractivity contribution is -0.119. The summed E-state index contributed by atoms with van der Waals surface area (Å²) < 4.78 is 7.05. The van der Waals surface area contributed by atoms with Crippen LogP contribution in [-0.4, -0.2) is 17.6 Å². The Hall–Kier alpha value is -1.14. The zero-order valence-electron chi connectivity index (χ0n) is 13.4. The quantitative estimate of drug-likeness (QED) is 0.703. The molecule has 1 aliphatic heterocycles. The van der Waals surface area contributed by atoms with Crippen LogP contribution < -0.4 is 15.4 Å². The van der Waals surface area contributed by atoms with Crippen molar-refractivity contribution in [1.29, 1.82) is 0 Å².